The van der Waals surface area contributed by atoms with E-state index < -0.39 is 0 Å². The van der Waals surface area contributed by atoms with E-state index in [4.69, 9.17) is 4.98 Å². The molecule has 2 amide bonds. The van der Waals surface area contributed by atoms with Crippen LogP contribution in [0, 0.1) is 5.92 Å². The monoisotopic (exact) mass is 368 g/mol. The van der Waals surface area contributed by atoms with E-state index in [9.17, 15) is 9.59 Å². The fraction of sp³-hybridized carbons (Fsp3) is 0.571. The van der Waals surface area contributed by atoms with Crippen molar-refractivity contribution in [3.05, 3.63) is 30.1 Å². The summed E-state index contributed by atoms with van der Waals surface area (Å²) in [6.07, 6.45) is 7.37. The number of aromatic amines is 1. The number of para-hydroxylation sites is 2. The number of hydrogen-bond donors (Lipinski definition) is 2. The van der Waals surface area contributed by atoms with Gasteiger partial charge in [0.25, 0.3) is 0 Å². The Labute approximate surface area is 159 Å². The molecule has 0 radical (unpaired) electrons. The number of H-pyrrole nitrogens is 1. The third-order valence-corrected chi connectivity index (χ3v) is 5.96. The van der Waals surface area contributed by atoms with E-state index in [2.05, 4.69) is 10.3 Å². The van der Waals surface area contributed by atoms with E-state index in [0.717, 1.165) is 61.9 Å². The van der Waals surface area contributed by atoms with Gasteiger partial charge in [0.1, 0.15) is 5.82 Å². The summed E-state index contributed by atoms with van der Waals surface area (Å²) in [6, 6.07) is 8.01. The molecule has 6 nitrogen and oxygen atoms in total. The average Bonchev–Trinajstić information content (AvgIpc) is 3.17. The van der Waals surface area contributed by atoms with Crippen molar-refractivity contribution in [1.29, 1.82) is 0 Å². The Morgan fingerprint density at radius 3 is 2.74 bits per heavy atom. The van der Waals surface area contributed by atoms with Crippen LogP contribution in [0.5, 0.6) is 0 Å². The first-order valence-electron chi connectivity index (χ1n) is 10.2. The summed E-state index contributed by atoms with van der Waals surface area (Å²) < 4.78 is 0. The largest absolute Gasteiger partial charge is 0.347 e. The molecule has 2 aromatic rings. The van der Waals surface area contributed by atoms with Crippen LogP contribution in [0.2, 0.25) is 0 Å². The van der Waals surface area contributed by atoms with Crippen molar-refractivity contribution < 1.29 is 9.59 Å². The van der Waals surface area contributed by atoms with Gasteiger partial charge in [0.15, 0.2) is 0 Å². The summed E-state index contributed by atoms with van der Waals surface area (Å²) in [5.41, 5.74) is 2.01. The zero-order valence-electron chi connectivity index (χ0n) is 15.7. The Hall–Kier alpha value is -2.37. The standard InChI is InChI=1S/C21H28N4O2/c26-19(13-22-21(27)15-7-2-1-3-8-15)25-12-6-9-16(14-25)20-23-17-10-4-5-11-18(17)24-20/h4-5,10-11,15-16H,1-3,6-9,12-14H2,(H,22,27)(H,23,24)/t16-/m1/s1. The van der Waals surface area contributed by atoms with Gasteiger partial charge in [0, 0.05) is 24.9 Å². The van der Waals surface area contributed by atoms with Gasteiger partial charge < -0.3 is 15.2 Å². The summed E-state index contributed by atoms with van der Waals surface area (Å²) in [4.78, 5) is 34.9. The third kappa shape index (κ3) is 4.15. The summed E-state index contributed by atoms with van der Waals surface area (Å²) in [7, 11) is 0. The number of nitrogens with zero attached hydrogens (tertiary/aromatic N) is 2. The fourth-order valence-corrected chi connectivity index (χ4v) is 4.38. The van der Waals surface area contributed by atoms with Crippen LogP contribution in [0.4, 0.5) is 0 Å². The highest BCUT2D eigenvalue weighted by Gasteiger charge is 2.27. The second-order valence-electron chi connectivity index (χ2n) is 7.87. The molecular weight excluding hydrogens is 340 g/mol. The lowest BCUT2D eigenvalue weighted by molar-refractivity contribution is -0.135. The summed E-state index contributed by atoms with van der Waals surface area (Å²) in [5, 5.41) is 2.87. The van der Waals surface area contributed by atoms with Gasteiger partial charge >= 0.3 is 0 Å². The number of rotatable bonds is 4. The highest BCUT2D eigenvalue weighted by Crippen LogP contribution is 2.27. The molecule has 2 fully saturated rings. The van der Waals surface area contributed by atoms with Gasteiger partial charge in [-0.05, 0) is 37.8 Å². The lowest BCUT2D eigenvalue weighted by Crippen LogP contribution is -2.45. The molecule has 0 spiro atoms. The molecule has 0 unspecified atom stereocenters. The maximum absolute atomic E-state index is 12.6. The Kier molecular flexibility index (Phi) is 5.41. The van der Waals surface area contributed by atoms with Gasteiger partial charge in [0.2, 0.25) is 11.8 Å². The van der Waals surface area contributed by atoms with Crippen LogP contribution < -0.4 is 5.32 Å². The van der Waals surface area contributed by atoms with Crippen molar-refractivity contribution in [1.82, 2.24) is 20.2 Å². The van der Waals surface area contributed by atoms with Crippen molar-refractivity contribution in [2.75, 3.05) is 19.6 Å². The maximum Gasteiger partial charge on any atom is 0.241 e. The number of hydrogen-bond acceptors (Lipinski definition) is 3. The quantitative estimate of drug-likeness (QED) is 0.871. The van der Waals surface area contributed by atoms with Gasteiger partial charge in [-0.25, -0.2) is 4.98 Å². The molecular formula is C21H28N4O2. The first kappa shape index (κ1) is 18.0. The molecule has 144 valence electrons. The number of piperidine rings is 1. The molecule has 2 heterocycles. The van der Waals surface area contributed by atoms with Crippen molar-refractivity contribution in [2.45, 2.75) is 50.9 Å². The van der Waals surface area contributed by atoms with Crippen molar-refractivity contribution in [2.24, 2.45) is 5.92 Å². The average molecular weight is 368 g/mol. The van der Waals surface area contributed by atoms with Gasteiger partial charge in [-0.15, -0.1) is 0 Å². The number of carbonyl (C=O) groups excluding carboxylic acids is 2. The minimum absolute atomic E-state index is 0.0139. The molecule has 2 N–H and O–H groups in total. The van der Waals surface area contributed by atoms with Gasteiger partial charge in [-0.2, -0.15) is 0 Å². The summed E-state index contributed by atoms with van der Waals surface area (Å²) in [6.45, 7) is 1.54. The van der Waals surface area contributed by atoms with Crippen LogP contribution in [0.25, 0.3) is 11.0 Å². The molecule has 6 heteroatoms. The van der Waals surface area contributed by atoms with Crippen molar-refractivity contribution in [3.63, 3.8) is 0 Å². The van der Waals surface area contributed by atoms with Gasteiger partial charge in [-0.3, -0.25) is 9.59 Å². The smallest absolute Gasteiger partial charge is 0.241 e. The predicted molar refractivity (Wildman–Crippen MR) is 104 cm³/mol. The fourth-order valence-electron chi connectivity index (χ4n) is 4.38. The van der Waals surface area contributed by atoms with Gasteiger partial charge in [0.05, 0.1) is 17.6 Å². The molecule has 4 rings (SSSR count). The minimum atomic E-state index is 0.0139. The topological polar surface area (TPSA) is 78.1 Å². The Balaban J connectivity index is 1.33. The van der Waals surface area contributed by atoms with E-state index in [1.165, 1.54) is 6.42 Å². The van der Waals surface area contributed by atoms with E-state index in [1.807, 2.05) is 29.2 Å². The van der Waals surface area contributed by atoms with Crippen LogP contribution >= 0.6 is 0 Å². The van der Waals surface area contributed by atoms with E-state index in [-0.39, 0.29) is 30.2 Å². The minimum Gasteiger partial charge on any atom is -0.347 e. The normalized spacial score (nSPS) is 21.3. The number of benzene rings is 1. The van der Waals surface area contributed by atoms with Crippen molar-refractivity contribution >= 4 is 22.8 Å². The van der Waals surface area contributed by atoms with Crippen molar-refractivity contribution in [3.8, 4) is 0 Å². The van der Waals surface area contributed by atoms with Crippen LogP contribution in [0.3, 0.4) is 0 Å². The molecule has 1 saturated heterocycles. The number of aromatic nitrogens is 2. The number of imidazole rings is 1. The zero-order chi connectivity index (χ0) is 18.6. The molecule has 1 aliphatic carbocycles. The number of amides is 2. The number of fused-ring (bicyclic) bond motifs is 1. The highest BCUT2D eigenvalue weighted by molar-refractivity contribution is 5.86. The lowest BCUT2D eigenvalue weighted by atomic mass is 9.89. The van der Waals surface area contributed by atoms with Gasteiger partial charge in [-0.1, -0.05) is 31.4 Å². The Morgan fingerprint density at radius 1 is 1.11 bits per heavy atom. The molecule has 2 aliphatic rings. The predicted octanol–water partition coefficient (Wildman–Crippen LogP) is 2.97. The summed E-state index contributed by atoms with van der Waals surface area (Å²) in [5.74, 6) is 1.34. The molecule has 1 aliphatic heterocycles. The summed E-state index contributed by atoms with van der Waals surface area (Å²) >= 11 is 0. The second kappa shape index (κ2) is 8.11. The van der Waals surface area contributed by atoms with E-state index >= 15 is 0 Å². The number of carbonyl (C=O) groups is 2. The third-order valence-electron chi connectivity index (χ3n) is 5.96. The van der Waals surface area contributed by atoms with Crippen LogP contribution in [-0.4, -0.2) is 46.3 Å². The molecule has 1 aromatic carbocycles. The zero-order valence-corrected chi connectivity index (χ0v) is 15.7. The second-order valence-corrected chi connectivity index (χ2v) is 7.87. The highest BCUT2D eigenvalue weighted by atomic mass is 16.2. The SMILES string of the molecule is O=C(NCC(=O)N1CCC[C@@H](c2nc3ccccc3[nH]2)C1)C1CCCCC1. The van der Waals surface area contributed by atoms with Crippen LogP contribution in [0.15, 0.2) is 24.3 Å². The maximum atomic E-state index is 12.6. The molecule has 1 atom stereocenters. The molecule has 1 aromatic heterocycles. The van der Waals surface area contributed by atoms with Crippen LogP contribution in [-0.2, 0) is 9.59 Å². The lowest BCUT2D eigenvalue weighted by Gasteiger charge is -2.32. The molecule has 1 saturated carbocycles. The Morgan fingerprint density at radius 2 is 1.93 bits per heavy atom. The molecule has 0 bridgehead atoms. The van der Waals surface area contributed by atoms with E-state index in [1.54, 1.807) is 0 Å². The Bertz CT molecular complexity index is 776. The molecule has 27 heavy (non-hydrogen) atoms. The first-order chi connectivity index (χ1) is 13.2. The first-order valence-corrected chi connectivity index (χ1v) is 10.2. The number of nitrogens with one attached hydrogen (secondary N) is 2. The van der Waals surface area contributed by atoms with E-state index in [0.29, 0.717) is 6.54 Å². The van der Waals surface area contributed by atoms with Crippen LogP contribution in [0.1, 0.15) is 56.7 Å². The number of likely N-dealkylation sites (tertiary alicyclic amines) is 1.